The maximum absolute atomic E-state index is 12.3. The van der Waals surface area contributed by atoms with Crippen molar-refractivity contribution in [1.82, 2.24) is 0 Å². The van der Waals surface area contributed by atoms with Crippen LogP contribution >= 0.6 is 27.5 Å². The van der Waals surface area contributed by atoms with Gasteiger partial charge in [0.25, 0.3) is 5.69 Å². The molecule has 0 amide bonds. The van der Waals surface area contributed by atoms with Crippen LogP contribution in [0.15, 0.2) is 18.2 Å². The van der Waals surface area contributed by atoms with Crippen molar-refractivity contribution in [1.29, 1.82) is 0 Å². The first kappa shape index (κ1) is 13.2. The number of hydrogen-bond donors (Lipinski definition) is 0. The van der Waals surface area contributed by atoms with Crippen molar-refractivity contribution in [2.75, 3.05) is 0 Å². The zero-order valence-corrected chi connectivity index (χ0v) is 9.80. The van der Waals surface area contributed by atoms with Gasteiger partial charge in [0.05, 0.1) is 4.92 Å². The summed E-state index contributed by atoms with van der Waals surface area (Å²) in [6.45, 7) is 0. The molecule has 0 aliphatic carbocycles. The van der Waals surface area contributed by atoms with Crippen molar-refractivity contribution in [3.05, 3.63) is 38.9 Å². The lowest BCUT2D eigenvalue weighted by molar-refractivity contribution is -0.384. The quantitative estimate of drug-likeness (QED) is 0.465. The van der Waals surface area contributed by atoms with E-state index in [-0.39, 0.29) is 10.6 Å². The number of halogens is 5. The molecule has 0 saturated heterocycles. The first-order chi connectivity index (χ1) is 7.23. The van der Waals surface area contributed by atoms with E-state index in [0.717, 1.165) is 18.2 Å². The molecule has 0 bridgehead atoms. The average Bonchev–Trinajstić information content (AvgIpc) is 2.15. The van der Waals surface area contributed by atoms with Crippen molar-refractivity contribution >= 4 is 33.2 Å². The minimum absolute atomic E-state index is 0.198. The Morgan fingerprint density at radius 2 is 2.00 bits per heavy atom. The Morgan fingerprint density at radius 3 is 2.44 bits per heavy atom. The third-order valence-electron chi connectivity index (χ3n) is 1.75. The fraction of sp³-hybridized carbons (Fsp3) is 0.250. The maximum atomic E-state index is 12.3. The van der Waals surface area contributed by atoms with Crippen molar-refractivity contribution < 1.29 is 18.1 Å². The molecular weight excluding hydrogens is 314 g/mol. The second-order valence-electron chi connectivity index (χ2n) is 2.87. The van der Waals surface area contributed by atoms with Gasteiger partial charge in [-0.25, -0.2) is 0 Å². The minimum atomic E-state index is -4.51. The highest BCUT2D eigenvalue weighted by molar-refractivity contribution is 9.09. The fourth-order valence-corrected chi connectivity index (χ4v) is 1.49. The summed E-state index contributed by atoms with van der Waals surface area (Å²) in [5.74, 6) is 0. The summed E-state index contributed by atoms with van der Waals surface area (Å²) < 4.78 is 37.0. The molecule has 1 unspecified atom stereocenters. The Bertz CT molecular complexity index is 424. The lowest BCUT2D eigenvalue weighted by Gasteiger charge is -2.13. The van der Waals surface area contributed by atoms with Crippen LogP contribution in [0.4, 0.5) is 18.9 Å². The van der Waals surface area contributed by atoms with Gasteiger partial charge in [0.1, 0.15) is 9.85 Å². The highest BCUT2D eigenvalue weighted by atomic mass is 79.9. The molecule has 0 fully saturated rings. The van der Waals surface area contributed by atoms with Crippen molar-refractivity contribution in [2.24, 2.45) is 0 Å². The zero-order valence-electron chi connectivity index (χ0n) is 7.46. The van der Waals surface area contributed by atoms with Gasteiger partial charge in [0, 0.05) is 6.07 Å². The molecular formula is C8H4BrClF3NO2. The van der Waals surface area contributed by atoms with Gasteiger partial charge in [-0.05, 0) is 11.6 Å². The Labute approximate surface area is 101 Å². The van der Waals surface area contributed by atoms with Gasteiger partial charge in [-0.1, -0.05) is 33.6 Å². The standard InChI is InChI=1S/C8H4BrClF3NO2/c9-7(8(11,12)13)4-1-2-5(10)6(3-4)14(15)16/h1-3,7H. The van der Waals surface area contributed by atoms with Crippen LogP contribution in [-0.4, -0.2) is 11.1 Å². The smallest absolute Gasteiger partial charge is 0.258 e. The molecule has 8 heteroatoms. The van der Waals surface area contributed by atoms with E-state index in [2.05, 4.69) is 15.9 Å². The van der Waals surface area contributed by atoms with Crippen LogP contribution in [-0.2, 0) is 0 Å². The summed E-state index contributed by atoms with van der Waals surface area (Å²) in [5, 5.41) is 10.3. The summed E-state index contributed by atoms with van der Waals surface area (Å²) in [7, 11) is 0. The van der Waals surface area contributed by atoms with Crippen LogP contribution in [0.5, 0.6) is 0 Å². The molecule has 3 nitrogen and oxygen atoms in total. The molecule has 1 atom stereocenters. The van der Waals surface area contributed by atoms with Crippen LogP contribution < -0.4 is 0 Å². The summed E-state index contributed by atoms with van der Waals surface area (Å²) in [6, 6.07) is 2.95. The van der Waals surface area contributed by atoms with Crippen molar-refractivity contribution in [3.8, 4) is 0 Å². The largest absolute Gasteiger partial charge is 0.405 e. The van der Waals surface area contributed by atoms with Gasteiger partial charge in [0.2, 0.25) is 0 Å². The molecule has 0 saturated carbocycles. The van der Waals surface area contributed by atoms with Crippen LogP contribution in [0, 0.1) is 10.1 Å². The lowest BCUT2D eigenvalue weighted by atomic mass is 10.1. The van der Waals surface area contributed by atoms with Crippen molar-refractivity contribution in [2.45, 2.75) is 11.0 Å². The highest BCUT2D eigenvalue weighted by Gasteiger charge is 2.39. The first-order valence-electron chi connectivity index (χ1n) is 3.88. The summed E-state index contributed by atoms with van der Waals surface area (Å²) in [5.41, 5.74) is -0.809. The van der Waals surface area contributed by atoms with Crippen LogP contribution in [0.2, 0.25) is 5.02 Å². The maximum Gasteiger partial charge on any atom is 0.405 e. The molecule has 0 aliphatic rings. The molecule has 0 radical (unpaired) electrons. The Kier molecular flexibility index (Phi) is 3.80. The second-order valence-corrected chi connectivity index (χ2v) is 4.20. The van der Waals surface area contributed by atoms with Crippen LogP contribution in [0.1, 0.15) is 10.4 Å². The van der Waals surface area contributed by atoms with E-state index in [4.69, 9.17) is 11.6 Å². The molecule has 16 heavy (non-hydrogen) atoms. The van der Waals surface area contributed by atoms with Gasteiger partial charge in [-0.15, -0.1) is 0 Å². The number of benzene rings is 1. The third kappa shape index (κ3) is 2.85. The topological polar surface area (TPSA) is 43.1 Å². The Balaban J connectivity index is 3.18. The van der Waals surface area contributed by atoms with Gasteiger partial charge in [-0.3, -0.25) is 10.1 Å². The summed E-state index contributed by atoms with van der Waals surface area (Å²) in [4.78, 5) is 7.69. The zero-order chi connectivity index (χ0) is 12.5. The van der Waals surface area contributed by atoms with E-state index in [0.29, 0.717) is 0 Å². The molecule has 0 aliphatic heterocycles. The minimum Gasteiger partial charge on any atom is -0.258 e. The van der Waals surface area contributed by atoms with E-state index in [1.807, 2.05) is 0 Å². The van der Waals surface area contributed by atoms with Crippen molar-refractivity contribution in [3.63, 3.8) is 0 Å². The molecule has 0 heterocycles. The molecule has 1 aromatic carbocycles. The molecule has 1 aromatic rings. The Hall–Kier alpha value is -0.820. The number of alkyl halides is 4. The second kappa shape index (κ2) is 4.58. The molecule has 0 N–H and O–H groups in total. The highest BCUT2D eigenvalue weighted by Crippen LogP contribution is 2.41. The van der Waals surface area contributed by atoms with E-state index in [1.165, 1.54) is 0 Å². The van der Waals surface area contributed by atoms with Gasteiger partial charge in [-0.2, -0.15) is 13.2 Å². The number of nitrogens with zero attached hydrogens (tertiary/aromatic N) is 1. The molecule has 0 aromatic heterocycles. The fourth-order valence-electron chi connectivity index (χ4n) is 1.02. The molecule has 1 rings (SSSR count). The molecule has 0 spiro atoms. The lowest BCUT2D eigenvalue weighted by Crippen LogP contribution is -2.15. The van der Waals surface area contributed by atoms with Crippen LogP contribution in [0.3, 0.4) is 0 Å². The van der Waals surface area contributed by atoms with E-state index in [9.17, 15) is 23.3 Å². The van der Waals surface area contributed by atoms with E-state index < -0.39 is 21.6 Å². The van der Waals surface area contributed by atoms with Crippen LogP contribution in [0.25, 0.3) is 0 Å². The number of nitro benzene ring substituents is 1. The monoisotopic (exact) mass is 317 g/mol. The van der Waals surface area contributed by atoms with E-state index in [1.54, 1.807) is 0 Å². The predicted molar refractivity (Wildman–Crippen MR) is 55.8 cm³/mol. The number of hydrogen-bond acceptors (Lipinski definition) is 2. The van der Waals surface area contributed by atoms with Gasteiger partial charge < -0.3 is 0 Å². The van der Waals surface area contributed by atoms with E-state index >= 15 is 0 Å². The van der Waals surface area contributed by atoms with Gasteiger partial charge >= 0.3 is 6.18 Å². The Morgan fingerprint density at radius 1 is 1.44 bits per heavy atom. The third-order valence-corrected chi connectivity index (χ3v) is 3.11. The number of rotatable bonds is 2. The first-order valence-corrected chi connectivity index (χ1v) is 5.17. The number of nitro groups is 1. The summed E-state index contributed by atoms with van der Waals surface area (Å²) >= 11 is 7.90. The molecule has 88 valence electrons. The average molecular weight is 318 g/mol. The SMILES string of the molecule is O=[N+]([O-])c1cc(C(Br)C(F)(F)F)ccc1Cl. The van der Waals surface area contributed by atoms with Gasteiger partial charge in [0.15, 0.2) is 0 Å². The summed E-state index contributed by atoms with van der Waals surface area (Å²) in [6.07, 6.45) is -4.51. The predicted octanol–water partition coefficient (Wildman–Crippen LogP) is 4.25. The normalized spacial score (nSPS) is 13.6.